The van der Waals surface area contributed by atoms with Crippen molar-refractivity contribution in [3.05, 3.63) is 76.9 Å². The van der Waals surface area contributed by atoms with Crippen LogP contribution in [0.4, 0.5) is 4.79 Å². The number of hydrogen-bond acceptors (Lipinski definition) is 2. The Balaban J connectivity index is 1.53. The molecule has 0 N–H and O–H groups in total. The highest BCUT2D eigenvalue weighted by Crippen LogP contribution is 2.38. The summed E-state index contributed by atoms with van der Waals surface area (Å²) in [6.45, 7) is 4.65. The average molecular weight is 361 g/mol. The van der Waals surface area contributed by atoms with E-state index < -0.39 is 0 Å². The molecule has 0 radical (unpaired) electrons. The van der Waals surface area contributed by atoms with Crippen LogP contribution in [0.3, 0.4) is 0 Å². The van der Waals surface area contributed by atoms with Gasteiger partial charge in [0.25, 0.3) is 0 Å². The summed E-state index contributed by atoms with van der Waals surface area (Å²) in [7, 11) is 0. The van der Waals surface area contributed by atoms with Crippen molar-refractivity contribution in [2.75, 3.05) is 0 Å². The molecule has 0 aliphatic carbocycles. The van der Waals surface area contributed by atoms with E-state index in [1.807, 2.05) is 35.2 Å². The van der Waals surface area contributed by atoms with Crippen molar-refractivity contribution in [3.8, 4) is 0 Å². The molecule has 4 rings (SSSR count). The predicted octanol–water partition coefficient (Wildman–Crippen LogP) is 5.65. The highest BCUT2D eigenvalue weighted by molar-refractivity contribution is 5.75. The summed E-state index contributed by atoms with van der Waals surface area (Å²) in [5, 5.41) is 0. The van der Waals surface area contributed by atoms with Gasteiger partial charge in [0.2, 0.25) is 0 Å². The Morgan fingerprint density at radius 2 is 1.93 bits per heavy atom. The highest BCUT2D eigenvalue weighted by Gasteiger charge is 2.38. The van der Waals surface area contributed by atoms with Crippen molar-refractivity contribution < 1.29 is 9.53 Å². The van der Waals surface area contributed by atoms with E-state index in [-0.39, 0.29) is 18.2 Å². The summed E-state index contributed by atoms with van der Waals surface area (Å²) in [5.41, 5.74) is 6.35. The minimum Gasteiger partial charge on any atom is -0.445 e. The molecule has 0 spiro atoms. The van der Waals surface area contributed by atoms with Crippen LogP contribution in [0.2, 0.25) is 0 Å². The molecule has 1 fully saturated rings. The zero-order valence-electron chi connectivity index (χ0n) is 16.2. The molecule has 2 aromatic carbocycles. The molecule has 2 bridgehead atoms. The van der Waals surface area contributed by atoms with Gasteiger partial charge in [0, 0.05) is 6.04 Å². The van der Waals surface area contributed by atoms with Crippen LogP contribution in [0.5, 0.6) is 0 Å². The zero-order valence-corrected chi connectivity index (χ0v) is 16.2. The Bertz CT molecular complexity index is 856. The number of nitrogens with zero attached hydrogens (tertiary/aromatic N) is 1. The van der Waals surface area contributed by atoms with E-state index in [0.717, 1.165) is 24.8 Å². The van der Waals surface area contributed by atoms with Gasteiger partial charge in [-0.15, -0.1) is 0 Å². The molecule has 2 aromatic rings. The van der Waals surface area contributed by atoms with Crippen LogP contribution >= 0.6 is 0 Å². The van der Waals surface area contributed by atoms with E-state index in [9.17, 15) is 4.79 Å². The van der Waals surface area contributed by atoms with E-state index in [1.165, 1.54) is 28.7 Å². The number of rotatable bonds is 3. The lowest BCUT2D eigenvalue weighted by Gasteiger charge is -2.44. The minimum absolute atomic E-state index is 0.149. The van der Waals surface area contributed by atoms with Crippen molar-refractivity contribution in [3.63, 3.8) is 0 Å². The highest BCUT2D eigenvalue weighted by atomic mass is 16.6. The van der Waals surface area contributed by atoms with E-state index in [2.05, 4.69) is 38.1 Å². The third-order valence-corrected chi connectivity index (χ3v) is 5.79. The smallest absolute Gasteiger partial charge is 0.410 e. The largest absolute Gasteiger partial charge is 0.445 e. The van der Waals surface area contributed by atoms with Gasteiger partial charge in [0.1, 0.15) is 6.61 Å². The summed E-state index contributed by atoms with van der Waals surface area (Å²) < 4.78 is 5.65. The third kappa shape index (κ3) is 3.78. The second-order valence-corrected chi connectivity index (χ2v) is 7.81. The van der Waals surface area contributed by atoms with Gasteiger partial charge in [-0.25, -0.2) is 4.79 Å². The van der Waals surface area contributed by atoms with Crippen LogP contribution in [0.25, 0.3) is 5.57 Å². The maximum Gasteiger partial charge on any atom is 0.410 e. The number of fused-ring (bicyclic) bond motifs is 2. The van der Waals surface area contributed by atoms with Crippen LogP contribution in [-0.4, -0.2) is 23.1 Å². The van der Waals surface area contributed by atoms with Crippen LogP contribution in [0.15, 0.2) is 54.6 Å². The number of ether oxygens (including phenoxy) is 1. The van der Waals surface area contributed by atoms with Crippen molar-refractivity contribution in [2.45, 2.75) is 58.2 Å². The molecule has 2 aliphatic heterocycles. The second kappa shape index (κ2) is 7.59. The maximum atomic E-state index is 12.8. The fourth-order valence-corrected chi connectivity index (χ4v) is 4.39. The fraction of sp³-hybridized carbons (Fsp3) is 0.375. The van der Waals surface area contributed by atoms with Gasteiger partial charge in [-0.2, -0.15) is 0 Å². The number of carbonyl (C=O) groups is 1. The number of amides is 1. The molecular formula is C24H27NO2. The summed E-state index contributed by atoms with van der Waals surface area (Å²) in [5.74, 6) is 0. The first-order valence-corrected chi connectivity index (χ1v) is 9.89. The Morgan fingerprint density at radius 1 is 1.11 bits per heavy atom. The topological polar surface area (TPSA) is 29.5 Å². The standard InChI is InChI=1S/C24H27NO2/c1-17-11-12-18(2)23(13-17)20-14-21-9-6-10-22(15-20)25(21)24(26)27-16-19-7-4-3-5-8-19/h3-5,7-8,11-14,21-22H,6,9-10,15-16H2,1-2H3. The first kappa shape index (κ1) is 17.8. The van der Waals surface area contributed by atoms with Crippen molar-refractivity contribution in [1.29, 1.82) is 0 Å². The molecule has 0 aromatic heterocycles. The molecule has 0 saturated carbocycles. The quantitative estimate of drug-likeness (QED) is 0.707. The molecular weight excluding hydrogens is 334 g/mol. The second-order valence-electron chi connectivity index (χ2n) is 7.81. The Labute approximate surface area is 161 Å². The molecule has 140 valence electrons. The van der Waals surface area contributed by atoms with E-state index in [4.69, 9.17) is 4.74 Å². The molecule has 3 nitrogen and oxygen atoms in total. The lowest BCUT2D eigenvalue weighted by molar-refractivity contribution is 0.0510. The van der Waals surface area contributed by atoms with Gasteiger partial charge in [0.15, 0.2) is 0 Å². The Kier molecular flexibility index (Phi) is 5.02. The first-order chi connectivity index (χ1) is 13.1. The monoisotopic (exact) mass is 361 g/mol. The van der Waals surface area contributed by atoms with Crippen molar-refractivity contribution in [2.24, 2.45) is 0 Å². The average Bonchev–Trinajstić information content (AvgIpc) is 2.68. The molecule has 27 heavy (non-hydrogen) atoms. The summed E-state index contributed by atoms with van der Waals surface area (Å²) in [4.78, 5) is 14.8. The summed E-state index contributed by atoms with van der Waals surface area (Å²) >= 11 is 0. The minimum atomic E-state index is -0.176. The van der Waals surface area contributed by atoms with Gasteiger partial charge in [-0.3, -0.25) is 4.90 Å². The molecule has 2 atom stereocenters. The zero-order chi connectivity index (χ0) is 18.8. The Morgan fingerprint density at radius 3 is 2.70 bits per heavy atom. The lowest BCUT2D eigenvalue weighted by atomic mass is 9.82. The number of carbonyl (C=O) groups excluding carboxylic acids is 1. The molecule has 2 unspecified atom stereocenters. The van der Waals surface area contributed by atoms with Crippen molar-refractivity contribution >= 4 is 11.7 Å². The van der Waals surface area contributed by atoms with E-state index in [0.29, 0.717) is 6.61 Å². The molecule has 1 amide bonds. The number of aryl methyl sites for hydroxylation is 2. The van der Waals surface area contributed by atoms with E-state index in [1.54, 1.807) is 0 Å². The van der Waals surface area contributed by atoms with Crippen molar-refractivity contribution in [1.82, 2.24) is 4.90 Å². The van der Waals surface area contributed by atoms with Crippen LogP contribution in [0, 0.1) is 13.8 Å². The summed E-state index contributed by atoms with van der Waals surface area (Å²) in [6.07, 6.45) is 6.30. The van der Waals surface area contributed by atoms with Gasteiger partial charge in [-0.1, -0.05) is 60.2 Å². The molecule has 3 heteroatoms. The number of hydrogen-bond donors (Lipinski definition) is 0. The lowest BCUT2D eigenvalue weighted by Crippen LogP contribution is -2.51. The summed E-state index contributed by atoms with van der Waals surface area (Å²) in [6, 6.07) is 16.9. The van der Waals surface area contributed by atoms with Crippen LogP contribution in [0.1, 0.15) is 47.9 Å². The maximum absolute atomic E-state index is 12.8. The number of benzene rings is 2. The normalized spacial score (nSPS) is 21.6. The van der Waals surface area contributed by atoms with Crippen LogP contribution < -0.4 is 0 Å². The first-order valence-electron chi connectivity index (χ1n) is 9.89. The van der Waals surface area contributed by atoms with Gasteiger partial charge in [0.05, 0.1) is 6.04 Å². The van der Waals surface area contributed by atoms with Gasteiger partial charge >= 0.3 is 6.09 Å². The van der Waals surface area contributed by atoms with E-state index >= 15 is 0 Å². The molecule has 1 saturated heterocycles. The predicted molar refractivity (Wildman–Crippen MR) is 108 cm³/mol. The molecule has 2 heterocycles. The molecule has 2 aliphatic rings. The Hall–Kier alpha value is -2.55. The van der Waals surface area contributed by atoms with Gasteiger partial charge in [-0.05, 0) is 61.8 Å². The SMILES string of the molecule is Cc1ccc(C)c(C2=CC3CCCC(C2)N3C(=O)OCc2ccccc2)c1. The van der Waals surface area contributed by atoms with Gasteiger partial charge < -0.3 is 4.74 Å². The van der Waals surface area contributed by atoms with Crippen LogP contribution in [-0.2, 0) is 11.3 Å². The fourth-order valence-electron chi connectivity index (χ4n) is 4.39. The number of piperidine rings is 1. The third-order valence-electron chi connectivity index (χ3n) is 5.79.